The van der Waals surface area contributed by atoms with E-state index in [9.17, 15) is 5.11 Å². The fourth-order valence-electron chi connectivity index (χ4n) is 1.66. The van der Waals surface area contributed by atoms with Gasteiger partial charge in [-0.1, -0.05) is 12.8 Å². The molecule has 1 unspecified atom stereocenters. The highest BCUT2D eigenvalue weighted by molar-refractivity contribution is 6.18. The van der Waals surface area contributed by atoms with Gasteiger partial charge >= 0.3 is 0 Å². The summed E-state index contributed by atoms with van der Waals surface area (Å²) in [6.45, 7) is 1.84. The number of halogens is 1. The molecule has 1 aliphatic carbocycles. The van der Waals surface area contributed by atoms with Gasteiger partial charge in [-0.2, -0.15) is 0 Å². The first-order valence-electron chi connectivity index (χ1n) is 3.95. The first-order valence-corrected chi connectivity index (χ1v) is 4.48. The third kappa shape index (κ3) is 1.64. The standard InChI is InChI=1S/C8H15ClO/c1-8(10,6-9)7-4-2-3-5-7/h7,10H,2-6H2,1H3. The summed E-state index contributed by atoms with van der Waals surface area (Å²) in [5.41, 5.74) is -0.613. The van der Waals surface area contributed by atoms with E-state index in [0.717, 1.165) is 12.8 Å². The van der Waals surface area contributed by atoms with Crippen molar-refractivity contribution in [3.8, 4) is 0 Å². The zero-order chi connectivity index (χ0) is 7.61. The number of alkyl halides is 1. The Kier molecular flexibility index (Phi) is 2.59. The van der Waals surface area contributed by atoms with Crippen LogP contribution in [0, 0.1) is 5.92 Å². The summed E-state index contributed by atoms with van der Waals surface area (Å²) >= 11 is 5.62. The van der Waals surface area contributed by atoms with Crippen LogP contribution in [0.1, 0.15) is 32.6 Å². The second-order valence-electron chi connectivity index (χ2n) is 3.47. The summed E-state index contributed by atoms with van der Waals surface area (Å²) in [6.07, 6.45) is 4.83. The predicted molar refractivity (Wildman–Crippen MR) is 43.3 cm³/mol. The Morgan fingerprint density at radius 1 is 1.50 bits per heavy atom. The number of rotatable bonds is 2. The van der Waals surface area contributed by atoms with Crippen molar-refractivity contribution in [3.63, 3.8) is 0 Å². The molecule has 0 saturated heterocycles. The van der Waals surface area contributed by atoms with Crippen LogP contribution in [0.15, 0.2) is 0 Å². The van der Waals surface area contributed by atoms with Crippen LogP contribution >= 0.6 is 11.6 Å². The van der Waals surface area contributed by atoms with E-state index in [2.05, 4.69) is 0 Å². The first kappa shape index (κ1) is 8.35. The van der Waals surface area contributed by atoms with E-state index in [-0.39, 0.29) is 0 Å². The lowest BCUT2D eigenvalue weighted by molar-refractivity contribution is 0.0235. The molecule has 0 amide bonds. The van der Waals surface area contributed by atoms with E-state index in [1.54, 1.807) is 0 Å². The largest absolute Gasteiger partial charge is 0.389 e. The molecule has 1 N–H and O–H groups in total. The molecular weight excluding hydrogens is 148 g/mol. The maximum absolute atomic E-state index is 9.69. The average Bonchev–Trinajstić information content (AvgIpc) is 2.38. The van der Waals surface area contributed by atoms with Crippen LogP contribution < -0.4 is 0 Å². The van der Waals surface area contributed by atoms with Crippen LogP contribution in [0.4, 0.5) is 0 Å². The normalized spacial score (nSPS) is 26.7. The van der Waals surface area contributed by atoms with E-state index in [1.165, 1.54) is 12.8 Å². The van der Waals surface area contributed by atoms with Crippen LogP contribution in [0.3, 0.4) is 0 Å². The van der Waals surface area contributed by atoms with E-state index >= 15 is 0 Å². The Bertz CT molecular complexity index is 106. The SMILES string of the molecule is CC(O)(CCl)C1CCCC1. The number of hydrogen-bond donors (Lipinski definition) is 1. The third-order valence-corrected chi connectivity index (χ3v) is 3.05. The smallest absolute Gasteiger partial charge is 0.0782 e. The lowest BCUT2D eigenvalue weighted by Crippen LogP contribution is -2.34. The molecule has 1 saturated carbocycles. The molecule has 0 aromatic heterocycles. The molecule has 1 aliphatic rings. The summed E-state index contributed by atoms with van der Waals surface area (Å²) in [7, 11) is 0. The number of aliphatic hydroxyl groups is 1. The average molecular weight is 163 g/mol. The van der Waals surface area contributed by atoms with Gasteiger partial charge < -0.3 is 5.11 Å². The number of hydrogen-bond acceptors (Lipinski definition) is 1. The second-order valence-corrected chi connectivity index (χ2v) is 3.74. The molecule has 0 aliphatic heterocycles. The Labute approximate surface area is 67.4 Å². The van der Waals surface area contributed by atoms with Gasteiger partial charge in [0.05, 0.1) is 11.5 Å². The Morgan fingerprint density at radius 2 is 2.00 bits per heavy atom. The van der Waals surface area contributed by atoms with Crippen molar-refractivity contribution in [2.75, 3.05) is 5.88 Å². The monoisotopic (exact) mass is 162 g/mol. The van der Waals surface area contributed by atoms with Crippen LogP contribution in [0.2, 0.25) is 0 Å². The highest BCUT2D eigenvalue weighted by Gasteiger charge is 2.32. The topological polar surface area (TPSA) is 20.2 Å². The minimum absolute atomic E-state index is 0.373. The fourth-order valence-corrected chi connectivity index (χ4v) is 1.88. The Morgan fingerprint density at radius 3 is 2.40 bits per heavy atom. The van der Waals surface area contributed by atoms with Gasteiger partial charge in [0.15, 0.2) is 0 Å². The molecule has 1 nitrogen and oxygen atoms in total. The third-order valence-electron chi connectivity index (χ3n) is 2.51. The molecule has 1 fully saturated rings. The van der Waals surface area contributed by atoms with Crippen molar-refractivity contribution >= 4 is 11.6 Å². The van der Waals surface area contributed by atoms with Crippen molar-refractivity contribution in [2.45, 2.75) is 38.2 Å². The zero-order valence-electron chi connectivity index (χ0n) is 6.44. The highest BCUT2D eigenvalue weighted by atomic mass is 35.5. The van der Waals surface area contributed by atoms with Crippen LogP contribution in [-0.4, -0.2) is 16.6 Å². The van der Waals surface area contributed by atoms with Crippen molar-refractivity contribution in [3.05, 3.63) is 0 Å². The lowest BCUT2D eigenvalue weighted by Gasteiger charge is -2.27. The van der Waals surface area contributed by atoms with E-state index in [4.69, 9.17) is 11.6 Å². The Hall–Kier alpha value is 0.250. The lowest BCUT2D eigenvalue weighted by atomic mass is 9.90. The maximum atomic E-state index is 9.69. The maximum Gasteiger partial charge on any atom is 0.0782 e. The van der Waals surface area contributed by atoms with Gasteiger partial charge in [-0.05, 0) is 25.7 Å². The molecule has 0 radical (unpaired) electrons. The minimum Gasteiger partial charge on any atom is -0.389 e. The first-order chi connectivity index (χ1) is 4.67. The summed E-state index contributed by atoms with van der Waals surface area (Å²) in [5.74, 6) is 0.822. The summed E-state index contributed by atoms with van der Waals surface area (Å²) < 4.78 is 0. The van der Waals surface area contributed by atoms with E-state index in [1.807, 2.05) is 6.92 Å². The predicted octanol–water partition coefficient (Wildman–Crippen LogP) is 2.17. The highest BCUT2D eigenvalue weighted by Crippen LogP contribution is 2.34. The molecule has 0 aromatic carbocycles. The van der Waals surface area contributed by atoms with Crippen molar-refractivity contribution in [1.29, 1.82) is 0 Å². The van der Waals surface area contributed by atoms with Crippen molar-refractivity contribution in [1.82, 2.24) is 0 Å². The molecule has 60 valence electrons. The zero-order valence-corrected chi connectivity index (χ0v) is 7.19. The molecule has 0 bridgehead atoms. The van der Waals surface area contributed by atoms with Crippen LogP contribution in [0.25, 0.3) is 0 Å². The molecule has 2 heteroatoms. The summed E-state index contributed by atoms with van der Waals surface area (Å²) in [6, 6.07) is 0. The van der Waals surface area contributed by atoms with Gasteiger partial charge in [0.25, 0.3) is 0 Å². The van der Waals surface area contributed by atoms with Crippen molar-refractivity contribution in [2.24, 2.45) is 5.92 Å². The molecule has 0 heterocycles. The molecule has 10 heavy (non-hydrogen) atoms. The van der Waals surface area contributed by atoms with E-state index < -0.39 is 5.60 Å². The fraction of sp³-hybridized carbons (Fsp3) is 1.00. The quantitative estimate of drug-likeness (QED) is 0.618. The van der Waals surface area contributed by atoms with E-state index in [0.29, 0.717) is 11.8 Å². The second kappa shape index (κ2) is 3.10. The van der Waals surface area contributed by atoms with Crippen molar-refractivity contribution < 1.29 is 5.11 Å². The van der Waals surface area contributed by atoms with Gasteiger partial charge in [-0.15, -0.1) is 11.6 Å². The molecule has 0 aromatic rings. The van der Waals surface area contributed by atoms with Gasteiger partial charge in [0, 0.05) is 0 Å². The van der Waals surface area contributed by atoms with Gasteiger partial charge in [-0.3, -0.25) is 0 Å². The van der Waals surface area contributed by atoms with Crippen LogP contribution in [0.5, 0.6) is 0 Å². The van der Waals surface area contributed by atoms with Gasteiger partial charge in [0.2, 0.25) is 0 Å². The van der Waals surface area contributed by atoms with Gasteiger partial charge in [-0.25, -0.2) is 0 Å². The molecule has 1 rings (SSSR count). The van der Waals surface area contributed by atoms with Crippen LogP contribution in [-0.2, 0) is 0 Å². The Balaban J connectivity index is 2.45. The molecule has 1 atom stereocenters. The molecule has 0 spiro atoms. The van der Waals surface area contributed by atoms with Gasteiger partial charge in [0.1, 0.15) is 0 Å². The molecular formula is C8H15ClO. The summed E-state index contributed by atoms with van der Waals surface area (Å²) in [5, 5.41) is 9.69. The minimum atomic E-state index is -0.613. The summed E-state index contributed by atoms with van der Waals surface area (Å²) in [4.78, 5) is 0.